The van der Waals surface area contributed by atoms with E-state index in [1.807, 2.05) is 27.0 Å². The quantitative estimate of drug-likeness (QED) is 0.646. The second-order valence-corrected chi connectivity index (χ2v) is 7.23. The molecule has 0 aliphatic rings. The monoisotopic (exact) mass is 378 g/mol. The van der Waals surface area contributed by atoms with Crippen molar-refractivity contribution in [3.8, 4) is 0 Å². The van der Waals surface area contributed by atoms with E-state index in [9.17, 15) is 8.42 Å². The molecule has 0 aromatic heterocycles. The summed E-state index contributed by atoms with van der Waals surface area (Å²) in [6.45, 7) is 5.99. The van der Waals surface area contributed by atoms with Crippen LogP contribution in [0.5, 0.6) is 0 Å². The molecule has 0 fully saturated rings. The first-order valence-electron chi connectivity index (χ1n) is 6.93. The number of hydrogen-bond acceptors (Lipinski definition) is 4. The molecule has 0 aliphatic heterocycles. The Morgan fingerprint density at radius 3 is 2.67 bits per heavy atom. The standard InChI is InChI=1S/C14H23BrN2O3S/c1-4-20-7-5-6-17-21(18,19)13-9-12(10-16-3)8-11(2)14(13)15/h8-9,16-17H,4-7,10H2,1-3H3. The third-order valence-electron chi connectivity index (χ3n) is 2.91. The van der Waals surface area contributed by atoms with Crippen LogP contribution in [0.3, 0.4) is 0 Å². The van der Waals surface area contributed by atoms with Gasteiger partial charge in [-0.05, 0) is 60.4 Å². The van der Waals surface area contributed by atoms with E-state index in [1.165, 1.54) is 0 Å². The number of halogens is 1. The molecule has 0 heterocycles. The van der Waals surface area contributed by atoms with E-state index >= 15 is 0 Å². The summed E-state index contributed by atoms with van der Waals surface area (Å²) in [6, 6.07) is 3.66. The topological polar surface area (TPSA) is 67.4 Å². The van der Waals surface area contributed by atoms with Gasteiger partial charge in [0.05, 0.1) is 4.90 Å². The summed E-state index contributed by atoms with van der Waals surface area (Å²) in [5.74, 6) is 0. The fourth-order valence-corrected chi connectivity index (χ4v) is 4.05. The van der Waals surface area contributed by atoms with Gasteiger partial charge in [-0.1, -0.05) is 6.07 Å². The molecule has 0 atom stereocenters. The van der Waals surface area contributed by atoms with Crippen LogP contribution < -0.4 is 10.0 Å². The Kier molecular flexibility index (Phi) is 7.83. The third kappa shape index (κ3) is 5.67. The number of hydrogen-bond donors (Lipinski definition) is 2. The molecule has 120 valence electrons. The van der Waals surface area contributed by atoms with Crippen LogP contribution in [0.2, 0.25) is 0 Å². The number of ether oxygens (including phenoxy) is 1. The molecule has 1 aromatic rings. The van der Waals surface area contributed by atoms with Crippen LogP contribution in [0.25, 0.3) is 0 Å². The zero-order valence-corrected chi connectivity index (χ0v) is 15.1. The van der Waals surface area contributed by atoms with Crippen molar-refractivity contribution in [2.24, 2.45) is 0 Å². The van der Waals surface area contributed by atoms with Gasteiger partial charge < -0.3 is 10.1 Å². The van der Waals surface area contributed by atoms with E-state index in [2.05, 4.69) is 26.0 Å². The molecule has 1 rings (SSSR count). The molecular weight excluding hydrogens is 356 g/mol. The molecule has 0 unspecified atom stereocenters. The van der Waals surface area contributed by atoms with Crippen molar-refractivity contribution in [2.75, 3.05) is 26.8 Å². The summed E-state index contributed by atoms with van der Waals surface area (Å²) >= 11 is 3.37. The van der Waals surface area contributed by atoms with Crippen molar-refractivity contribution >= 4 is 26.0 Å². The molecule has 1 aromatic carbocycles. The van der Waals surface area contributed by atoms with Crippen molar-refractivity contribution in [3.63, 3.8) is 0 Å². The smallest absolute Gasteiger partial charge is 0.241 e. The average Bonchev–Trinajstić information content (AvgIpc) is 2.42. The van der Waals surface area contributed by atoms with E-state index < -0.39 is 10.0 Å². The van der Waals surface area contributed by atoms with E-state index in [0.29, 0.717) is 37.2 Å². The van der Waals surface area contributed by atoms with Gasteiger partial charge in [0.25, 0.3) is 0 Å². The minimum absolute atomic E-state index is 0.282. The summed E-state index contributed by atoms with van der Waals surface area (Å²) in [5.41, 5.74) is 1.84. The zero-order chi connectivity index (χ0) is 15.9. The lowest BCUT2D eigenvalue weighted by atomic mass is 10.1. The molecule has 0 amide bonds. The van der Waals surface area contributed by atoms with Gasteiger partial charge in [0.1, 0.15) is 0 Å². The Hall–Kier alpha value is -0.470. The first-order valence-corrected chi connectivity index (χ1v) is 9.21. The van der Waals surface area contributed by atoms with Gasteiger partial charge in [-0.25, -0.2) is 13.1 Å². The fraction of sp³-hybridized carbons (Fsp3) is 0.571. The summed E-state index contributed by atoms with van der Waals surface area (Å²) < 4.78 is 33.2. The van der Waals surface area contributed by atoms with Crippen molar-refractivity contribution in [1.82, 2.24) is 10.0 Å². The molecule has 0 bridgehead atoms. The summed E-state index contributed by atoms with van der Waals surface area (Å²) in [7, 11) is -1.69. The molecule has 21 heavy (non-hydrogen) atoms. The Bertz CT molecular complexity index is 562. The number of rotatable bonds is 9. The van der Waals surface area contributed by atoms with E-state index in [1.54, 1.807) is 6.07 Å². The molecular formula is C14H23BrN2O3S. The fourth-order valence-electron chi connectivity index (χ4n) is 1.91. The second kappa shape index (κ2) is 8.85. The van der Waals surface area contributed by atoms with E-state index in [4.69, 9.17) is 4.74 Å². The normalized spacial score (nSPS) is 11.8. The Balaban J connectivity index is 2.86. The van der Waals surface area contributed by atoms with Crippen LogP contribution in [0.4, 0.5) is 0 Å². The van der Waals surface area contributed by atoms with Gasteiger partial charge in [0, 0.05) is 30.8 Å². The minimum Gasteiger partial charge on any atom is -0.382 e. The predicted molar refractivity (Wildman–Crippen MR) is 87.9 cm³/mol. The third-order valence-corrected chi connectivity index (χ3v) is 5.71. The molecule has 0 spiro atoms. The highest BCUT2D eigenvalue weighted by Gasteiger charge is 2.19. The van der Waals surface area contributed by atoms with Gasteiger partial charge >= 0.3 is 0 Å². The highest BCUT2D eigenvalue weighted by atomic mass is 79.9. The SMILES string of the molecule is CCOCCCNS(=O)(=O)c1cc(CNC)cc(C)c1Br. The van der Waals surface area contributed by atoms with E-state index in [0.717, 1.165) is 11.1 Å². The summed E-state index contributed by atoms with van der Waals surface area (Å²) in [6.07, 6.45) is 0.653. The van der Waals surface area contributed by atoms with Gasteiger partial charge in [-0.15, -0.1) is 0 Å². The molecule has 0 aliphatic carbocycles. The molecule has 0 saturated heterocycles. The van der Waals surface area contributed by atoms with Crippen molar-refractivity contribution < 1.29 is 13.2 Å². The second-order valence-electron chi connectivity index (χ2n) is 4.70. The van der Waals surface area contributed by atoms with E-state index in [-0.39, 0.29) is 4.90 Å². The average molecular weight is 379 g/mol. The Morgan fingerprint density at radius 1 is 1.33 bits per heavy atom. The molecule has 0 radical (unpaired) electrons. The lowest BCUT2D eigenvalue weighted by Gasteiger charge is -2.12. The lowest BCUT2D eigenvalue weighted by molar-refractivity contribution is 0.146. The van der Waals surface area contributed by atoms with Crippen molar-refractivity contribution in [1.29, 1.82) is 0 Å². The van der Waals surface area contributed by atoms with Gasteiger partial charge in [0.15, 0.2) is 0 Å². The molecule has 0 saturated carbocycles. The van der Waals surface area contributed by atoms with Crippen LogP contribution in [0.1, 0.15) is 24.5 Å². The van der Waals surface area contributed by atoms with Crippen molar-refractivity contribution in [3.05, 3.63) is 27.7 Å². The number of benzene rings is 1. The molecule has 2 N–H and O–H groups in total. The van der Waals surface area contributed by atoms with Crippen molar-refractivity contribution in [2.45, 2.75) is 31.7 Å². The van der Waals surface area contributed by atoms with Gasteiger partial charge in [-0.2, -0.15) is 0 Å². The number of aryl methyl sites for hydroxylation is 1. The van der Waals surface area contributed by atoms with Crippen LogP contribution in [-0.2, 0) is 21.3 Å². The number of sulfonamides is 1. The van der Waals surface area contributed by atoms with Crippen LogP contribution >= 0.6 is 15.9 Å². The first-order chi connectivity index (χ1) is 9.92. The first kappa shape index (κ1) is 18.6. The minimum atomic E-state index is -3.52. The van der Waals surface area contributed by atoms with Crippen LogP contribution in [0, 0.1) is 6.92 Å². The maximum Gasteiger partial charge on any atom is 0.241 e. The molecule has 7 heteroatoms. The lowest BCUT2D eigenvalue weighted by Crippen LogP contribution is -2.26. The van der Waals surface area contributed by atoms with Crippen LogP contribution in [0.15, 0.2) is 21.5 Å². The maximum atomic E-state index is 12.4. The predicted octanol–water partition coefficient (Wildman–Crippen LogP) is 2.18. The number of nitrogens with one attached hydrogen (secondary N) is 2. The Morgan fingerprint density at radius 2 is 2.05 bits per heavy atom. The van der Waals surface area contributed by atoms with Crippen LogP contribution in [-0.4, -0.2) is 35.2 Å². The highest BCUT2D eigenvalue weighted by molar-refractivity contribution is 9.10. The zero-order valence-electron chi connectivity index (χ0n) is 12.7. The largest absolute Gasteiger partial charge is 0.382 e. The van der Waals surface area contributed by atoms with Gasteiger partial charge in [0.2, 0.25) is 10.0 Å². The maximum absolute atomic E-state index is 12.4. The van der Waals surface area contributed by atoms with Gasteiger partial charge in [-0.3, -0.25) is 0 Å². The summed E-state index contributed by atoms with van der Waals surface area (Å²) in [4.78, 5) is 0.282. The Labute approximate surface area is 135 Å². The molecule has 5 nitrogen and oxygen atoms in total. The highest BCUT2D eigenvalue weighted by Crippen LogP contribution is 2.27. The summed E-state index contributed by atoms with van der Waals surface area (Å²) in [5, 5.41) is 3.03.